The molecule has 0 aliphatic carbocycles. The first kappa shape index (κ1) is 15.4. The number of carbonyl (C=O) groups is 3. The largest absolute Gasteiger partial charge is 0.385 e. The SMILES string of the molecule is COCCCNC(=O)C(=O)N1CCN(C(C)=O)CC1. The van der Waals surface area contributed by atoms with Crippen LogP contribution in [0, 0.1) is 0 Å². The molecule has 1 aliphatic heterocycles. The van der Waals surface area contributed by atoms with Crippen LogP contribution in [0.3, 0.4) is 0 Å². The van der Waals surface area contributed by atoms with Gasteiger partial charge in [-0.15, -0.1) is 0 Å². The van der Waals surface area contributed by atoms with Gasteiger partial charge in [0.05, 0.1) is 0 Å². The van der Waals surface area contributed by atoms with E-state index in [0.717, 1.165) is 0 Å². The van der Waals surface area contributed by atoms with E-state index < -0.39 is 11.8 Å². The molecular formula is C12H21N3O4. The van der Waals surface area contributed by atoms with Crippen molar-refractivity contribution in [2.45, 2.75) is 13.3 Å². The monoisotopic (exact) mass is 271 g/mol. The minimum atomic E-state index is -0.590. The maximum Gasteiger partial charge on any atom is 0.312 e. The maximum absolute atomic E-state index is 11.8. The van der Waals surface area contributed by atoms with Crippen LogP contribution in [0.5, 0.6) is 0 Å². The highest BCUT2D eigenvalue weighted by molar-refractivity contribution is 6.35. The lowest BCUT2D eigenvalue weighted by molar-refractivity contribution is -0.148. The molecule has 0 bridgehead atoms. The van der Waals surface area contributed by atoms with Crippen LogP contribution in [-0.2, 0) is 19.1 Å². The molecule has 1 rings (SSSR count). The van der Waals surface area contributed by atoms with Gasteiger partial charge in [-0.3, -0.25) is 14.4 Å². The molecule has 7 nitrogen and oxygen atoms in total. The third kappa shape index (κ3) is 4.86. The van der Waals surface area contributed by atoms with Crippen LogP contribution >= 0.6 is 0 Å². The van der Waals surface area contributed by atoms with E-state index in [0.29, 0.717) is 45.8 Å². The minimum absolute atomic E-state index is 0.00360. The van der Waals surface area contributed by atoms with E-state index in [4.69, 9.17) is 4.74 Å². The van der Waals surface area contributed by atoms with Crippen molar-refractivity contribution < 1.29 is 19.1 Å². The first-order chi connectivity index (χ1) is 9.06. The molecule has 1 aliphatic rings. The molecule has 0 spiro atoms. The standard InChI is InChI=1S/C12H21N3O4/c1-10(16)14-5-7-15(8-6-14)12(18)11(17)13-4-3-9-19-2/h3-9H2,1-2H3,(H,13,17). The van der Waals surface area contributed by atoms with Crippen LogP contribution in [0.1, 0.15) is 13.3 Å². The van der Waals surface area contributed by atoms with Crippen LogP contribution in [0.15, 0.2) is 0 Å². The lowest BCUT2D eigenvalue weighted by Crippen LogP contribution is -2.53. The predicted molar refractivity (Wildman–Crippen MR) is 68.3 cm³/mol. The van der Waals surface area contributed by atoms with Gasteiger partial charge in [0.25, 0.3) is 0 Å². The second kappa shape index (κ2) is 7.73. The number of nitrogens with zero attached hydrogens (tertiary/aromatic N) is 2. The van der Waals surface area contributed by atoms with E-state index >= 15 is 0 Å². The van der Waals surface area contributed by atoms with Gasteiger partial charge in [-0.2, -0.15) is 0 Å². The summed E-state index contributed by atoms with van der Waals surface area (Å²) in [4.78, 5) is 37.7. The van der Waals surface area contributed by atoms with Gasteiger partial charge in [0, 0.05) is 53.4 Å². The summed E-state index contributed by atoms with van der Waals surface area (Å²) in [5.74, 6) is -1.12. The molecule has 0 aromatic carbocycles. The van der Waals surface area contributed by atoms with Crippen LogP contribution in [0.25, 0.3) is 0 Å². The van der Waals surface area contributed by atoms with Gasteiger partial charge in [-0.05, 0) is 6.42 Å². The molecule has 1 fully saturated rings. The Morgan fingerprint density at radius 3 is 2.21 bits per heavy atom. The average Bonchev–Trinajstić information content (AvgIpc) is 2.42. The Hall–Kier alpha value is -1.63. The zero-order chi connectivity index (χ0) is 14.3. The topological polar surface area (TPSA) is 79.0 Å². The lowest BCUT2D eigenvalue weighted by Gasteiger charge is -2.33. The Balaban J connectivity index is 2.30. The Morgan fingerprint density at radius 1 is 1.11 bits per heavy atom. The number of rotatable bonds is 4. The molecule has 0 aromatic rings. The summed E-state index contributed by atoms with van der Waals surface area (Å²) >= 11 is 0. The Bertz CT molecular complexity index is 338. The predicted octanol–water partition coefficient (Wildman–Crippen LogP) is -1.17. The molecule has 19 heavy (non-hydrogen) atoms. The van der Waals surface area contributed by atoms with Crippen molar-refractivity contribution in [3.63, 3.8) is 0 Å². The first-order valence-electron chi connectivity index (χ1n) is 6.37. The molecule has 1 heterocycles. The number of hydrogen-bond donors (Lipinski definition) is 1. The number of hydrogen-bond acceptors (Lipinski definition) is 4. The molecule has 0 unspecified atom stereocenters. The molecule has 7 heteroatoms. The fraction of sp³-hybridized carbons (Fsp3) is 0.750. The van der Waals surface area contributed by atoms with E-state index in [9.17, 15) is 14.4 Å². The molecule has 0 atom stereocenters. The maximum atomic E-state index is 11.8. The van der Waals surface area contributed by atoms with Crippen LogP contribution in [0.2, 0.25) is 0 Å². The number of nitrogens with one attached hydrogen (secondary N) is 1. The zero-order valence-corrected chi connectivity index (χ0v) is 11.5. The second-order valence-corrected chi connectivity index (χ2v) is 4.40. The number of methoxy groups -OCH3 is 1. The molecule has 0 saturated carbocycles. The van der Waals surface area contributed by atoms with Crippen molar-refractivity contribution in [3.8, 4) is 0 Å². The van der Waals surface area contributed by atoms with Crippen molar-refractivity contribution in [2.24, 2.45) is 0 Å². The summed E-state index contributed by atoms with van der Waals surface area (Å²) in [7, 11) is 1.58. The molecule has 1 N–H and O–H groups in total. The van der Waals surface area contributed by atoms with E-state index in [2.05, 4.69) is 5.32 Å². The average molecular weight is 271 g/mol. The van der Waals surface area contributed by atoms with E-state index in [1.165, 1.54) is 11.8 Å². The van der Waals surface area contributed by atoms with Gasteiger partial charge in [0.1, 0.15) is 0 Å². The molecule has 0 aromatic heterocycles. The van der Waals surface area contributed by atoms with Gasteiger partial charge < -0.3 is 19.9 Å². The Morgan fingerprint density at radius 2 is 1.68 bits per heavy atom. The smallest absolute Gasteiger partial charge is 0.312 e. The Kier molecular flexibility index (Phi) is 6.27. The minimum Gasteiger partial charge on any atom is -0.385 e. The number of carbonyl (C=O) groups excluding carboxylic acids is 3. The van der Waals surface area contributed by atoms with E-state index in [-0.39, 0.29) is 5.91 Å². The molecule has 0 radical (unpaired) electrons. The van der Waals surface area contributed by atoms with Crippen molar-refractivity contribution in [3.05, 3.63) is 0 Å². The highest BCUT2D eigenvalue weighted by Gasteiger charge is 2.26. The molecule has 108 valence electrons. The van der Waals surface area contributed by atoms with E-state index in [1.54, 1.807) is 12.0 Å². The van der Waals surface area contributed by atoms with Gasteiger partial charge in [0.2, 0.25) is 5.91 Å². The molecular weight excluding hydrogens is 250 g/mol. The normalized spacial score (nSPS) is 15.3. The Labute approximate surface area is 112 Å². The highest BCUT2D eigenvalue weighted by atomic mass is 16.5. The van der Waals surface area contributed by atoms with Crippen molar-refractivity contribution in [2.75, 3.05) is 46.4 Å². The third-order valence-electron chi connectivity index (χ3n) is 3.02. The van der Waals surface area contributed by atoms with Crippen LogP contribution < -0.4 is 5.32 Å². The van der Waals surface area contributed by atoms with Gasteiger partial charge in [0.15, 0.2) is 0 Å². The zero-order valence-electron chi connectivity index (χ0n) is 11.5. The van der Waals surface area contributed by atoms with Crippen LogP contribution in [0.4, 0.5) is 0 Å². The summed E-state index contributed by atoms with van der Waals surface area (Å²) in [6, 6.07) is 0. The first-order valence-corrected chi connectivity index (χ1v) is 6.37. The number of ether oxygens (including phenoxy) is 1. The van der Waals surface area contributed by atoms with E-state index in [1.807, 2.05) is 0 Å². The van der Waals surface area contributed by atoms with Gasteiger partial charge in [-0.25, -0.2) is 0 Å². The third-order valence-corrected chi connectivity index (χ3v) is 3.02. The lowest BCUT2D eigenvalue weighted by atomic mass is 10.3. The second-order valence-electron chi connectivity index (χ2n) is 4.40. The van der Waals surface area contributed by atoms with Gasteiger partial charge in [-0.1, -0.05) is 0 Å². The summed E-state index contributed by atoms with van der Waals surface area (Å²) in [5, 5.41) is 2.56. The fourth-order valence-electron chi connectivity index (χ4n) is 1.86. The van der Waals surface area contributed by atoms with Gasteiger partial charge >= 0.3 is 11.8 Å². The number of piperazine rings is 1. The molecule has 1 saturated heterocycles. The van der Waals surface area contributed by atoms with Crippen molar-refractivity contribution in [1.82, 2.24) is 15.1 Å². The summed E-state index contributed by atoms with van der Waals surface area (Å²) in [6.45, 7) is 4.25. The summed E-state index contributed by atoms with van der Waals surface area (Å²) < 4.78 is 4.85. The number of amides is 3. The van der Waals surface area contributed by atoms with Crippen LogP contribution in [-0.4, -0.2) is 74.0 Å². The fourth-order valence-corrected chi connectivity index (χ4v) is 1.86. The molecule has 3 amide bonds. The summed E-state index contributed by atoms with van der Waals surface area (Å²) in [6.07, 6.45) is 0.674. The quantitative estimate of drug-likeness (QED) is 0.516. The van der Waals surface area contributed by atoms with Crippen molar-refractivity contribution >= 4 is 17.7 Å². The highest BCUT2D eigenvalue weighted by Crippen LogP contribution is 2.02. The van der Waals surface area contributed by atoms with Crippen molar-refractivity contribution in [1.29, 1.82) is 0 Å². The summed E-state index contributed by atoms with van der Waals surface area (Å²) in [5.41, 5.74) is 0.